The van der Waals surface area contributed by atoms with E-state index in [2.05, 4.69) is 20.5 Å². The number of aromatic nitrogens is 3. The van der Waals surface area contributed by atoms with E-state index in [0.29, 0.717) is 11.7 Å². The van der Waals surface area contributed by atoms with E-state index in [1.54, 1.807) is 12.3 Å². The smallest absolute Gasteiger partial charge is 0.230 e. The monoisotopic (exact) mass is 308 g/mol. The lowest BCUT2D eigenvalue weighted by molar-refractivity contribution is -0.118. The van der Waals surface area contributed by atoms with Crippen LogP contribution in [0.3, 0.4) is 0 Å². The van der Waals surface area contributed by atoms with Gasteiger partial charge >= 0.3 is 0 Å². The van der Waals surface area contributed by atoms with E-state index in [4.69, 9.17) is 9.15 Å². The van der Waals surface area contributed by atoms with Gasteiger partial charge in [0, 0.05) is 6.61 Å². The lowest BCUT2D eigenvalue weighted by Gasteiger charge is -2.03. The third-order valence-corrected chi connectivity index (χ3v) is 3.94. The maximum atomic E-state index is 11.7. The maximum Gasteiger partial charge on any atom is 0.230 e. The second kappa shape index (κ2) is 6.77. The van der Waals surface area contributed by atoms with Crippen molar-refractivity contribution in [3.8, 4) is 0 Å². The Morgan fingerprint density at radius 1 is 1.57 bits per heavy atom. The molecule has 0 bridgehead atoms. The third-order valence-electron chi connectivity index (χ3n) is 3.09. The topological polar surface area (TPSA) is 93.0 Å². The summed E-state index contributed by atoms with van der Waals surface area (Å²) < 4.78 is 10.7. The molecule has 3 heterocycles. The summed E-state index contributed by atoms with van der Waals surface area (Å²) in [6.07, 6.45) is 3.60. The predicted molar refractivity (Wildman–Crippen MR) is 75.6 cm³/mol. The van der Waals surface area contributed by atoms with Gasteiger partial charge in [-0.2, -0.15) is 0 Å². The number of aromatic amines is 1. The van der Waals surface area contributed by atoms with Gasteiger partial charge in [0.05, 0.1) is 18.6 Å². The molecule has 2 aromatic heterocycles. The summed E-state index contributed by atoms with van der Waals surface area (Å²) in [7, 11) is 0. The van der Waals surface area contributed by atoms with E-state index in [-0.39, 0.29) is 17.8 Å². The summed E-state index contributed by atoms with van der Waals surface area (Å²) in [5.41, 5.74) is 0. The number of carbonyl (C=O) groups excluding carboxylic acids is 1. The maximum absolute atomic E-state index is 11.7. The fourth-order valence-electron chi connectivity index (χ4n) is 2.04. The number of amides is 1. The molecule has 1 aliphatic rings. The molecule has 3 rings (SSSR count). The van der Waals surface area contributed by atoms with Crippen molar-refractivity contribution in [1.29, 1.82) is 0 Å². The van der Waals surface area contributed by atoms with Gasteiger partial charge in [0.25, 0.3) is 0 Å². The average molecular weight is 308 g/mol. The summed E-state index contributed by atoms with van der Waals surface area (Å²) in [6, 6.07) is 3.60. The minimum atomic E-state index is -0.0835. The van der Waals surface area contributed by atoms with Crippen LogP contribution in [0.2, 0.25) is 0 Å². The van der Waals surface area contributed by atoms with E-state index in [1.807, 2.05) is 6.07 Å². The SMILES string of the molecule is O=C(CSc1n[nH]c([C@@H]2CCCO2)n1)NCc1ccco1. The molecule has 8 heteroatoms. The zero-order valence-corrected chi connectivity index (χ0v) is 12.2. The van der Waals surface area contributed by atoms with Crippen molar-refractivity contribution in [3.63, 3.8) is 0 Å². The number of rotatable bonds is 6. The Hall–Kier alpha value is -1.80. The van der Waals surface area contributed by atoms with Crippen molar-refractivity contribution in [2.24, 2.45) is 0 Å². The average Bonchev–Trinajstić information content (AvgIpc) is 3.24. The second-order valence-corrected chi connectivity index (χ2v) is 5.59. The van der Waals surface area contributed by atoms with Crippen molar-refractivity contribution < 1.29 is 13.9 Å². The van der Waals surface area contributed by atoms with Crippen LogP contribution < -0.4 is 5.32 Å². The molecule has 2 N–H and O–H groups in total. The minimum absolute atomic E-state index is 0.0135. The summed E-state index contributed by atoms with van der Waals surface area (Å²) >= 11 is 1.29. The predicted octanol–water partition coefficient (Wildman–Crippen LogP) is 1.66. The second-order valence-electron chi connectivity index (χ2n) is 4.65. The first-order valence-electron chi connectivity index (χ1n) is 6.77. The molecular formula is C13H16N4O3S. The molecule has 1 amide bonds. The molecule has 0 aromatic carbocycles. The number of furan rings is 1. The Morgan fingerprint density at radius 3 is 3.29 bits per heavy atom. The largest absolute Gasteiger partial charge is 0.467 e. The van der Waals surface area contributed by atoms with Crippen LogP contribution in [0.15, 0.2) is 28.0 Å². The van der Waals surface area contributed by atoms with E-state index in [9.17, 15) is 4.79 Å². The molecule has 1 aliphatic heterocycles. The molecule has 0 unspecified atom stereocenters. The van der Waals surface area contributed by atoms with Crippen LogP contribution in [-0.4, -0.2) is 33.4 Å². The Morgan fingerprint density at radius 2 is 2.52 bits per heavy atom. The number of ether oxygens (including phenoxy) is 1. The Kier molecular flexibility index (Phi) is 4.56. The summed E-state index contributed by atoms with van der Waals surface area (Å²) in [6.45, 7) is 1.16. The Bertz CT molecular complexity index is 578. The van der Waals surface area contributed by atoms with Crippen LogP contribution in [0.25, 0.3) is 0 Å². The fraction of sp³-hybridized carbons (Fsp3) is 0.462. The zero-order valence-electron chi connectivity index (χ0n) is 11.4. The molecule has 1 saturated heterocycles. The number of nitrogens with one attached hydrogen (secondary N) is 2. The van der Waals surface area contributed by atoms with Crippen molar-refractivity contribution in [1.82, 2.24) is 20.5 Å². The molecular weight excluding hydrogens is 292 g/mol. The lowest BCUT2D eigenvalue weighted by Crippen LogP contribution is -2.24. The van der Waals surface area contributed by atoms with Crippen LogP contribution in [0.4, 0.5) is 0 Å². The number of H-pyrrole nitrogens is 1. The highest BCUT2D eigenvalue weighted by Gasteiger charge is 2.21. The van der Waals surface area contributed by atoms with Crippen molar-refractivity contribution in [2.45, 2.75) is 30.6 Å². The summed E-state index contributed by atoms with van der Waals surface area (Å²) in [5.74, 6) is 1.65. The normalized spacial score (nSPS) is 18.0. The summed E-state index contributed by atoms with van der Waals surface area (Å²) in [5, 5.41) is 10.3. The van der Waals surface area contributed by atoms with Gasteiger partial charge in [-0.1, -0.05) is 11.8 Å². The highest BCUT2D eigenvalue weighted by Crippen LogP contribution is 2.26. The van der Waals surface area contributed by atoms with Crippen molar-refractivity contribution >= 4 is 17.7 Å². The number of hydrogen-bond donors (Lipinski definition) is 2. The standard InChI is InChI=1S/C13H16N4O3S/c18-11(14-7-9-3-1-5-19-9)8-21-13-15-12(16-17-13)10-4-2-6-20-10/h1,3,5,10H,2,4,6-8H2,(H,14,18)(H,15,16,17)/t10-/m0/s1. The minimum Gasteiger partial charge on any atom is -0.467 e. The number of nitrogens with zero attached hydrogens (tertiary/aromatic N) is 2. The van der Waals surface area contributed by atoms with Gasteiger partial charge in [-0.05, 0) is 25.0 Å². The van der Waals surface area contributed by atoms with E-state index >= 15 is 0 Å². The van der Waals surface area contributed by atoms with Gasteiger partial charge < -0.3 is 14.5 Å². The van der Waals surface area contributed by atoms with Gasteiger partial charge in [0.1, 0.15) is 11.9 Å². The van der Waals surface area contributed by atoms with Gasteiger partial charge in [0.15, 0.2) is 5.82 Å². The highest BCUT2D eigenvalue weighted by atomic mass is 32.2. The highest BCUT2D eigenvalue weighted by molar-refractivity contribution is 7.99. The Balaban J connectivity index is 1.43. The quantitative estimate of drug-likeness (QED) is 0.788. The fourth-order valence-corrected chi connectivity index (χ4v) is 2.68. The molecule has 0 radical (unpaired) electrons. The molecule has 2 aromatic rings. The first-order chi connectivity index (χ1) is 10.3. The van der Waals surface area contributed by atoms with E-state index in [0.717, 1.165) is 31.0 Å². The lowest BCUT2D eigenvalue weighted by atomic mass is 10.2. The van der Waals surface area contributed by atoms with Crippen LogP contribution >= 0.6 is 11.8 Å². The van der Waals surface area contributed by atoms with Crippen LogP contribution in [-0.2, 0) is 16.1 Å². The van der Waals surface area contributed by atoms with Crippen molar-refractivity contribution in [3.05, 3.63) is 30.0 Å². The van der Waals surface area contributed by atoms with Gasteiger partial charge in [0.2, 0.25) is 11.1 Å². The Labute approximate surface area is 125 Å². The molecule has 0 aliphatic carbocycles. The third kappa shape index (κ3) is 3.85. The number of carbonyl (C=O) groups is 1. The molecule has 21 heavy (non-hydrogen) atoms. The molecule has 0 spiro atoms. The van der Waals surface area contributed by atoms with Crippen molar-refractivity contribution in [2.75, 3.05) is 12.4 Å². The molecule has 112 valence electrons. The van der Waals surface area contributed by atoms with Crippen LogP contribution in [0, 0.1) is 0 Å². The molecule has 7 nitrogen and oxygen atoms in total. The first kappa shape index (κ1) is 14.2. The van der Waals surface area contributed by atoms with Crippen LogP contribution in [0.1, 0.15) is 30.5 Å². The zero-order chi connectivity index (χ0) is 14.5. The molecule has 0 saturated carbocycles. The van der Waals surface area contributed by atoms with E-state index in [1.165, 1.54) is 11.8 Å². The molecule has 1 fully saturated rings. The molecule has 1 atom stereocenters. The summed E-state index contributed by atoms with van der Waals surface area (Å²) in [4.78, 5) is 16.1. The number of hydrogen-bond acceptors (Lipinski definition) is 6. The van der Waals surface area contributed by atoms with Crippen LogP contribution in [0.5, 0.6) is 0 Å². The van der Waals surface area contributed by atoms with Gasteiger partial charge in [-0.15, -0.1) is 5.10 Å². The number of thioether (sulfide) groups is 1. The van der Waals surface area contributed by atoms with Gasteiger partial charge in [-0.3, -0.25) is 9.89 Å². The van der Waals surface area contributed by atoms with E-state index < -0.39 is 0 Å². The first-order valence-corrected chi connectivity index (χ1v) is 7.75. The van der Waals surface area contributed by atoms with Gasteiger partial charge in [-0.25, -0.2) is 4.98 Å².